The summed E-state index contributed by atoms with van der Waals surface area (Å²) in [6, 6.07) is 8.96. The van der Waals surface area contributed by atoms with E-state index < -0.39 is 4.92 Å². The number of anilines is 1. The molecule has 0 unspecified atom stereocenters. The summed E-state index contributed by atoms with van der Waals surface area (Å²) in [4.78, 5) is 10.8. The quantitative estimate of drug-likeness (QED) is 0.396. The highest BCUT2D eigenvalue weighted by molar-refractivity contribution is 6.32. The van der Waals surface area contributed by atoms with Gasteiger partial charge in [-0.1, -0.05) is 47.5 Å². The van der Waals surface area contributed by atoms with E-state index in [4.69, 9.17) is 23.2 Å². The molecule has 0 saturated carbocycles. The zero-order valence-corrected chi connectivity index (χ0v) is 15.0. The number of aryl methyl sites for hydroxylation is 1. The number of nitrogens with one attached hydrogen (secondary N) is 1. The van der Waals surface area contributed by atoms with Gasteiger partial charge >= 0.3 is 0 Å². The van der Waals surface area contributed by atoms with E-state index in [9.17, 15) is 10.1 Å². The second-order valence-corrected chi connectivity index (χ2v) is 7.41. The molecule has 1 heterocycles. The fraction of sp³-hybridized carbons (Fsp3) is 0.263. The van der Waals surface area contributed by atoms with E-state index in [-0.39, 0.29) is 28.6 Å². The van der Waals surface area contributed by atoms with Crippen LogP contribution in [-0.2, 0) is 0 Å². The van der Waals surface area contributed by atoms with Gasteiger partial charge in [0.05, 0.1) is 11.0 Å². The van der Waals surface area contributed by atoms with Gasteiger partial charge < -0.3 is 5.32 Å². The largest absolute Gasteiger partial charge is 0.377 e. The Bertz CT molecular complexity index is 911. The lowest BCUT2D eigenvalue weighted by Gasteiger charge is -2.38. The van der Waals surface area contributed by atoms with Gasteiger partial charge in [0.25, 0.3) is 5.69 Å². The Morgan fingerprint density at radius 2 is 1.96 bits per heavy atom. The summed E-state index contributed by atoms with van der Waals surface area (Å²) < 4.78 is 0. The summed E-state index contributed by atoms with van der Waals surface area (Å²) in [7, 11) is 0. The SMILES string of the molecule is Cc1ccc(Cl)c2c1N[C@H](c1ccc(Cl)c([N+](=O)[O-])c1)[C@@H]1CC=C[C@@H]21. The Balaban J connectivity index is 1.84. The second-order valence-electron chi connectivity index (χ2n) is 6.60. The average molecular weight is 375 g/mol. The van der Waals surface area contributed by atoms with Gasteiger partial charge in [-0.05, 0) is 42.5 Å². The fourth-order valence-corrected chi connectivity index (χ4v) is 4.47. The summed E-state index contributed by atoms with van der Waals surface area (Å²) in [6.07, 6.45) is 5.28. The number of nitro groups is 1. The molecule has 2 aromatic rings. The minimum atomic E-state index is -0.435. The van der Waals surface area contributed by atoms with Crippen LogP contribution in [0.5, 0.6) is 0 Å². The lowest BCUT2D eigenvalue weighted by molar-refractivity contribution is -0.384. The third-order valence-corrected chi connectivity index (χ3v) is 5.85. The van der Waals surface area contributed by atoms with Crippen LogP contribution in [0.3, 0.4) is 0 Å². The maximum atomic E-state index is 11.3. The predicted octanol–water partition coefficient (Wildman–Crippen LogP) is 6.04. The normalized spacial score (nSPS) is 23.7. The Kier molecular flexibility index (Phi) is 3.97. The first-order valence-corrected chi connectivity index (χ1v) is 8.89. The number of rotatable bonds is 2. The number of halogens is 2. The van der Waals surface area contributed by atoms with Gasteiger partial charge in [0.2, 0.25) is 0 Å². The molecule has 128 valence electrons. The molecule has 0 radical (unpaired) electrons. The van der Waals surface area contributed by atoms with E-state index >= 15 is 0 Å². The molecule has 3 atom stereocenters. The molecule has 1 aliphatic carbocycles. The van der Waals surface area contributed by atoms with E-state index in [0.717, 1.165) is 33.8 Å². The van der Waals surface area contributed by atoms with Crippen molar-refractivity contribution in [2.75, 3.05) is 5.32 Å². The van der Waals surface area contributed by atoms with E-state index in [0.29, 0.717) is 0 Å². The van der Waals surface area contributed by atoms with Crippen molar-refractivity contribution in [3.63, 3.8) is 0 Å². The van der Waals surface area contributed by atoms with E-state index in [2.05, 4.69) is 17.5 Å². The summed E-state index contributed by atoms with van der Waals surface area (Å²) >= 11 is 12.5. The summed E-state index contributed by atoms with van der Waals surface area (Å²) in [5.41, 5.74) is 4.09. The third-order valence-electron chi connectivity index (χ3n) is 5.20. The molecule has 2 aliphatic rings. The van der Waals surface area contributed by atoms with Crippen molar-refractivity contribution in [1.29, 1.82) is 0 Å². The highest BCUT2D eigenvalue weighted by atomic mass is 35.5. The van der Waals surface area contributed by atoms with Crippen LogP contribution >= 0.6 is 23.2 Å². The number of benzene rings is 2. The molecule has 0 bridgehead atoms. The van der Waals surface area contributed by atoms with Crippen molar-refractivity contribution in [3.8, 4) is 0 Å². The van der Waals surface area contributed by atoms with Gasteiger partial charge in [-0.3, -0.25) is 10.1 Å². The predicted molar refractivity (Wildman–Crippen MR) is 101 cm³/mol. The minimum Gasteiger partial charge on any atom is -0.377 e. The molecular weight excluding hydrogens is 359 g/mol. The average Bonchev–Trinajstić information content (AvgIpc) is 3.07. The second kappa shape index (κ2) is 6.04. The smallest absolute Gasteiger partial charge is 0.288 e. The van der Waals surface area contributed by atoms with Crippen molar-refractivity contribution >= 4 is 34.6 Å². The molecule has 1 aliphatic heterocycles. The minimum absolute atomic E-state index is 0.0272. The number of hydrogen-bond acceptors (Lipinski definition) is 3. The highest BCUT2D eigenvalue weighted by Crippen LogP contribution is 2.53. The van der Waals surface area contributed by atoms with Gasteiger partial charge in [0.1, 0.15) is 5.02 Å². The van der Waals surface area contributed by atoms with Gasteiger partial charge in [0.15, 0.2) is 0 Å². The maximum absolute atomic E-state index is 11.3. The molecule has 4 rings (SSSR count). The number of fused-ring (bicyclic) bond motifs is 3. The van der Waals surface area contributed by atoms with Crippen LogP contribution in [0.4, 0.5) is 11.4 Å². The number of allylic oxidation sites excluding steroid dienone is 2. The van der Waals surface area contributed by atoms with Crippen LogP contribution in [-0.4, -0.2) is 4.92 Å². The van der Waals surface area contributed by atoms with E-state index in [1.807, 2.05) is 25.1 Å². The van der Waals surface area contributed by atoms with Crippen molar-refractivity contribution in [2.24, 2.45) is 5.92 Å². The molecule has 0 saturated heterocycles. The molecule has 4 nitrogen and oxygen atoms in total. The first-order chi connectivity index (χ1) is 12.0. The molecule has 0 spiro atoms. The fourth-order valence-electron chi connectivity index (χ4n) is 4.00. The first kappa shape index (κ1) is 16.4. The van der Waals surface area contributed by atoms with Crippen molar-refractivity contribution in [3.05, 3.63) is 79.3 Å². The molecule has 6 heteroatoms. The van der Waals surface area contributed by atoms with Crippen LogP contribution in [0.1, 0.15) is 35.1 Å². The van der Waals surface area contributed by atoms with Crippen molar-refractivity contribution in [1.82, 2.24) is 0 Å². The van der Waals surface area contributed by atoms with E-state index in [1.165, 1.54) is 0 Å². The first-order valence-electron chi connectivity index (χ1n) is 8.13. The van der Waals surface area contributed by atoms with Gasteiger partial charge in [-0.15, -0.1) is 0 Å². The number of nitrogens with zero attached hydrogens (tertiary/aromatic N) is 1. The Labute approximate surface area is 155 Å². The van der Waals surface area contributed by atoms with Gasteiger partial charge in [-0.25, -0.2) is 0 Å². The zero-order chi connectivity index (χ0) is 17.7. The third kappa shape index (κ3) is 2.60. The van der Waals surface area contributed by atoms with Crippen molar-refractivity contribution in [2.45, 2.75) is 25.3 Å². The summed E-state index contributed by atoms with van der Waals surface area (Å²) in [6.45, 7) is 2.04. The maximum Gasteiger partial charge on any atom is 0.288 e. The van der Waals surface area contributed by atoms with Crippen LogP contribution in [0.25, 0.3) is 0 Å². The topological polar surface area (TPSA) is 55.2 Å². The van der Waals surface area contributed by atoms with Crippen LogP contribution in [0.15, 0.2) is 42.5 Å². The molecular formula is C19H16Cl2N2O2. The highest BCUT2D eigenvalue weighted by Gasteiger charge is 2.40. The van der Waals surface area contributed by atoms with Crippen molar-refractivity contribution < 1.29 is 4.92 Å². The number of hydrogen-bond donors (Lipinski definition) is 1. The standard InChI is InChI=1S/C19H16Cl2N2O2/c1-10-5-7-15(21)17-12-3-2-4-13(12)19(22-18(10)17)11-6-8-14(20)16(9-11)23(24)25/h2-3,5-9,12-13,19,22H,4H2,1H3/t12-,13-,19-/m1/s1. The van der Waals surface area contributed by atoms with Crippen LogP contribution in [0, 0.1) is 23.0 Å². The molecule has 1 N–H and O–H groups in total. The molecule has 0 aromatic heterocycles. The van der Waals surface area contributed by atoms with E-state index in [1.54, 1.807) is 12.1 Å². The van der Waals surface area contributed by atoms with Gasteiger partial charge in [-0.2, -0.15) is 0 Å². The lowest BCUT2D eigenvalue weighted by Crippen LogP contribution is -2.29. The number of nitro benzene ring substituents is 1. The molecule has 0 fully saturated rings. The summed E-state index contributed by atoms with van der Waals surface area (Å²) in [5, 5.41) is 15.8. The lowest BCUT2D eigenvalue weighted by atomic mass is 9.76. The van der Waals surface area contributed by atoms with Crippen LogP contribution < -0.4 is 5.32 Å². The molecule has 0 amide bonds. The zero-order valence-electron chi connectivity index (χ0n) is 13.5. The van der Waals surface area contributed by atoms with Gasteiger partial charge in [0, 0.05) is 28.3 Å². The Morgan fingerprint density at radius 1 is 1.20 bits per heavy atom. The Hall–Kier alpha value is -2.04. The summed E-state index contributed by atoms with van der Waals surface area (Å²) in [5.74, 6) is 0.482. The Morgan fingerprint density at radius 3 is 2.72 bits per heavy atom. The van der Waals surface area contributed by atoms with Crippen LogP contribution in [0.2, 0.25) is 10.0 Å². The molecule has 25 heavy (non-hydrogen) atoms. The monoisotopic (exact) mass is 374 g/mol. The molecule has 2 aromatic carbocycles.